The number of hydrogen-bond acceptors (Lipinski definition) is 4. The van der Waals surface area contributed by atoms with Gasteiger partial charge in [0.25, 0.3) is 5.91 Å². The minimum absolute atomic E-state index is 0.126. The number of nitrogens with zero attached hydrogens (tertiary/aromatic N) is 2. The van der Waals surface area contributed by atoms with Gasteiger partial charge in [0.2, 0.25) is 0 Å². The minimum Gasteiger partial charge on any atom is -0.376 e. The Kier molecular flexibility index (Phi) is 3.63. The smallest absolute Gasteiger partial charge is 0.253 e. The van der Waals surface area contributed by atoms with Crippen LogP contribution in [0.3, 0.4) is 0 Å². The number of para-hydroxylation sites is 3. The van der Waals surface area contributed by atoms with Crippen molar-refractivity contribution in [3.8, 4) is 0 Å². The number of ether oxygens (including phenoxy) is 1. The second-order valence-electron chi connectivity index (χ2n) is 5.73. The quantitative estimate of drug-likeness (QED) is 0.756. The number of aromatic nitrogens is 2. The number of carbonyl (C=O) groups is 1. The Morgan fingerprint density at radius 1 is 1.09 bits per heavy atom. The molecule has 5 heteroatoms. The fourth-order valence-electron chi connectivity index (χ4n) is 2.93. The standard InChI is InChI=1S/C18H17N3O2/c22-18(19-11-12-5-4-10-23-12)13-6-3-9-16-17(13)21-15-8-2-1-7-14(15)20-16/h1-3,6-9,12H,4-5,10-11H2,(H,19,22). The molecule has 0 aliphatic carbocycles. The van der Waals surface area contributed by atoms with E-state index in [-0.39, 0.29) is 12.0 Å². The molecule has 1 amide bonds. The molecular formula is C18H17N3O2. The molecule has 1 aliphatic rings. The average Bonchev–Trinajstić information content (AvgIpc) is 3.11. The van der Waals surface area contributed by atoms with Crippen molar-refractivity contribution in [2.45, 2.75) is 18.9 Å². The Morgan fingerprint density at radius 2 is 1.87 bits per heavy atom. The van der Waals surface area contributed by atoms with Gasteiger partial charge in [-0.1, -0.05) is 18.2 Å². The maximum atomic E-state index is 12.5. The summed E-state index contributed by atoms with van der Waals surface area (Å²) in [6, 6.07) is 13.2. The molecule has 23 heavy (non-hydrogen) atoms. The van der Waals surface area contributed by atoms with Crippen molar-refractivity contribution >= 4 is 28.0 Å². The number of hydrogen-bond donors (Lipinski definition) is 1. The molecule has 1 aromatic heterocycles. The Morgan fingerprint density at radius 3 is 2.65 bits per heavy atom. The van der Waals surface area contributed by atoms with E-state index in [9.17, 15) is 4.79 Å². The van der Waals surface area contributed by atoms with E-state index in [4.69, 9.17) is 4.74 Å². The van der Waals surface area contributed by atoms with Gasteiger partial charge in [0, 0.05) is 13.2 Å². The number of carbonyl (C=O) groups excluding carboxylic acids is 1. The van der Waals surface area contributed by atoms with Gasteiger partial charge in [-0.3, -0.25) is 4.79 Å². The van der Waals surface area contributed by atoms with Gasteiger partial charge in [-0.15, -0.1) is 0 Å². The van der Waals surface area contributed by atoms with E-state index in [0.717, 1.165) is 36.0 Å². The normalized spacial score (nSPS) is 17.7. The number of benzene rings is 2. The van der Waals surface area contributed by atoms with Gasteiger partial charge in [-0.05, 0) is 37.1 Å². The fourth-order valence-corrected chi connectivity index (χ4v) is 2.93. The van der Waals surface area contributed by atoms with Gasteiger partial charge in [-0.2, -0.15) is 0 Å². The first-order valence-electron chi connectivity index (χ1n) is 7.86. The summed E-state index contributed by atoms with van der Waals surface area (Å²) in [7, 11) is 0. The van der Waals surface area contributed by atoms with Crippen LogP contribution >= 0.6 is 0 Å². The second-order valence-corrected chi connectivity index (χ2v) is 5.73. The third kappa shape index (κ3) is 2.75. The molecule has 1 atom stereocenters. The van der Waals surface area contributed by atoms with Crippen molar-refractivity contribution in [1.82, 2.24) is 15.3 Å². The summed E-state index contributed by atoms with van der Waals surface area (Å²) in [6.45, 7) is 1.32. The third-order valence-electron chi connectivity index (χ3n) is 4.13. The van der Waals surface area contributed by atoms with E-state index in [2.05, 4.69) is 15.3 Å². The zero-order chi connectivity index (χ0) is 15.6. The topological polar surface area (TPSA) is 64.1 Å². The molecule has 2 aromatic carbocycles. The van der Waals surface area contributed by atoms with E-state index in [1.165, 1.54) is 0 Å². The molecule has 0 saturated carbocycles. The van der Waals surface area contributed by atoms with Crippen LogP contribution in [0.25, 0.3) is 22.1 Å². The zero-order valence-corrected chi connectivity index (χ0v) is 12.7. The lowest BCUT2D eigenvalue weighted by molar-refractivity contribution is 0.0859. The van der Waals surface area contributed by atoms with E-state index in [1.807, 2.05) is 36.4 Å². The van der Waals surface area contributed by atoms with Crippen molar-refractivity contribution in [1.29, 1.82) is 0 Å². The van der Waals surface area contributed by atoms with Crippen LogP contribution in [0.5, 0.6) is 0 Å². The first-order chi connectivity index (χ1) is 11.3. The largest absolute Gasteiger partial charge is 0.376 e. The average molecular weight is 307 g/mol. The van der Waals surface area contributed by atoms with Crippen LogP contribution in [0, 0.1) is 0 Å². The maximum Gasteiger partial charge on any atom is 0.253 e. The van der Waals surface area contributed by atoms with Crippen molar-refractivity contribution in [2.75, 3.05) is 13.2 Å². The molecule has 4 rings (SSSR count). The molecule has 2 heterocycles. The maximum absolute atomic E-state index is 12.5. The Labute approximate surface area is 133 Å². The number of nitrogens with one attached hydrogen (secondary N) is 1. The van der Waals surface area contributed by atoms with Gasteiger partial charge in [0.05, 0.1) is 28.2 Å². The SMILES string of the molecule is O=C(NCC1CCCO1)c1cccc2nc3ccccc3nc12. The highest BCUT2D eigenvalue weighted by atomic mass is 16.5. The van der Waals surface area contributed by atoms with Gasteiger partial charge in [0.15, 0.2) is 0 Å². The summed E-state index contributed by atoms with van der Waals surface area (Å²) in [5.41, 5.74) is 3.54. The van der Waals surface area contributed by atoms with Crippen molar-refractivity contribution < 1.29 is 9.53 Å². The minimum atomic E-state index is -0.129. The highest BCUT2D eigenvalue weighted by Crippen LogP contribution is 2.19. The number of rotatable bonds is 3. The summed E-state index contributed by atoms with van der Waals surface area (Å²) in [4.78, 5) is 21.7. The monoisotopic (exact) mass is 307 g/mol. The molecule has 1 unspecified atom stereocenters. The lowest BCUT2D eigenvalue weighted by Crippen LogP contribution is -2.31. The summed E-state index contributed by atoms with van der Waals surface area (Å²) in [5, 5.41) is 2.95. The Balaban J connectivity index is 1.68. The molecule has 116 valence electrons. The molecule has 3 aromatic rings. The van der Waals surface area contributed by atoms with Crippen LogP contribution in [0.15, 0.2) is 42.5 Å². The van der Waals surface area contributed by atoms with Crippen LogP contribution in [-0.4, -0.2) is 35.1 Å². The van der Waals surface area contributed by atoms with Crippen molar-refractivity contribution in [2.24, 2.45) is 0 Å². The number of fused-ring (bicyclic) bond motifs is 2. The molecule has 5 nitrogen and oxygen atoms in total. The van der Waals surface area contributed by atoms with Gasteiger partial charge >= 0.3 is 0 Å². The van der Waals surface area contributed by atoms with Crippen LogP contribution in [0.1, 0.15) is 23.2 Å². The predicted octanol–water partition coefficient (Wildman–Crippen LogP) is 2.69. The highest BCUT2D eigenvalue weighted by molar-refractivity contribution is 6.06. The summed E-state index contributed by atoms with van der Waals surface area (Å²) in [5.74, 6) is -0.129. The molecule has 1 fully saturated rings. The Hall–Kier alpha value is -2.53. The molecule has 0 bridgehead atoms. The molecule has 0 spiro atoms. The number of amides is 1. The van der Waals surface area contributed by atoms with E-state index in [0.29, 0.717) is 17.6 Å². The predicted molar refractivity (Wildman–Crippen MR) is 88.4 cm³/mol. The van der Waals surface area contributed by atoms with Crippen LogP contribution in [-0.2, 0) is 4.74 Å². The first-order valence-corrected chi connectivity index (χ1v) is 7.86. The van der Waals surface area contributed by atoms with Gasteiger partial charge < -0.3 is 10.1 Å². The van der Waals surface area contributed by atoms with Crippen molar-refractivity contribution in [3.05, 3.63) is 48.0 Å². The molecule has 0 radical (unpaired) electrons. The molecule has 1 aliphatic heterocycles. The molecule has 1 saturated heterocycles. The lowest BCUT2D eigenvalue weighted by atomic mass is 10.1. The summed E-state index contributed by atoms with van der Waals surface area (Å²) < 4.78 is 5.54. The summed E-state index contributed by atoms with van der Waals surface area (Å²) in [6.07, 6.45) is 2.19. The molecular weight excluding hydrogens is 290 g/mol. The summed E-state index contributed by atoms with van der Waals surface area (Å²) >= 11 is 0. The zero-order valence-electron chi connectivity index (χ0n) is 12.7. The lowest BCUT2D eigenvalue weighted by Gasteiger charge is -2.11. The van der Waals surface area contributed by atoms with E-state index in [1.54, 1.807) is 6.07 Å². The van der Waals surface area contributed by atoms with Gasteiger partial charge in [0.1, 0.15) is 5.52 Å². The van der Waals surface area contributed by atoms with E-state index < -0.39 is 0 Å². The fraction of sp³-hybridized carbons (Fsp3) is 0.278. The first kappa shape index (κ1) is 14.1. The second kappa shape index (κ2) is 5.93. The van der Waals surface area contributed by atoms with Gasteiger partial charge in [-0.25, -0.2) is 9.97 Å². The Bertz CT molecular complexity index is 872. The van der Waals surface area contributed by atoms with Crippen molar-refractivity contribution in [3.63, 3.8) is 0 Å². The van der Waals surface area contributed by atoms with Crippen LogP contribution in [0.4, 0.5) is 0 Å². The third-order valence-corrected chi connectivity index (χ3v) is 4.13. The highest BCUT2D eigenvalue weighted by Gasteiger charge is 2.18. The molecule has 1 N–H and O–H groups in total. The van der Waals surface area contributed by atoms with Crippen LogP contribution < -0.4 is 5.32 Å². The van der Waals surface area contributed by atoms with E-state index >= 15 is 0 Å². The van der Waals surface area contributed by atoms with Crippen LogP contribution in [0.2, 0.25) is 0 Å².